The molecule has 0 aliphatic carbocycles. The van der Waals surface area contributed by atoms with Gasteiger partial charge in [-0.1, -0.05) is 37.3 Å². The van der Waals surface area contributed by atoms with Crippen LogP contribution in [0.4, 0.5) is 0 Å². The van der Waals surface area contributed by atoms with Crippen LogP contribution in [0.15, 0.2) is 77.2 Å². The summed E-state index contributed by atoms with van der Waals surface area (Å²) in [5.41, 5.74) is 4.09. The van der Waals surface area contributed by atoms with Gasteiger partial charge in [0, 0.05) is 17.7 Å². The van der Waals surface area contributed by atoms with Gasteiger partial charge >= 0.3 is 0 Å². The second kappa shape index (κ2) is 8.61. The number of amides is 1. The quantitative estimate of drug-likeness (QED) is 0.473. The highest BCUT2D eigenvalue weighted by Gasteiger charge is 2.09. The van der Waals surface area contributed by atoms with Crippen molar-refractivity contribution in [3.63, 3.8) is 0 Å². The highest BCUT2D eigenvalue weighted by atomic mass is 16.5. The normalized spacial score (nSPS) is 10.8. The van der Waals surface area contributed by atoms with E-state index in [-0.39, 0.29) is 5.91 Å². The number of nitrogens with one attached hydrogen (secondary N) is 1. The van der Waals surface area contributed by atoms with Crippen LogP contribution in [-0.4, -0.2) is 17.5 Å². The van der Waals surface area contributed by atoms with E-state index in [4.69, 9.17) is 9.15 Å². The van der Waals surface area contributed by atoms with Crippen LogP contribution in [0.3, 0.4) is 0 Å². The van der Waals surface area contributed by atoms with Crippen LogP contribution in [0.1, 0.15) is 29.3 Å². The Balaban J connectivity index is 1.39. The Hall–Kier alpha value is -3.60. The SMILES string of the molecule is CCCOc1cccc(C(=O)NCc2ccc(-c3nc4ccccc4o3)cc2)c1. The standard InChI is InChI=1S/C24H22N2O3/c1-2-14-28-20-7-5-6-19(15-20)23(27)25-16-17-10-12-18(13-11-17)24-26-21-8-3-4-9-22(21)29-24/h3-13,15H,2,14,16H2,1H3,(H,25,27). The number of carbonyl (C=O) groups is 1. The molecule has 0 aliphatic rings. The van der Waals surface area contributed by atoms with Crippen molar-refractivity contribution in [2.45, 2.75) is 19.9 Å². The van der Waals surface area contributed by atoms with Crippen molar-refractivity contribution >= 4 is 17.0 Å². The van der Waals surface area contributed by atoms with Crippen LogP contribution >= 0.6 is 0 Å². The van der Waals surface area contributed by atoms with Gasteiger partial charge in [0.1, 0.15) is 11.3 Å². The third kappa shape index (κ3) is 4.46. The van der Waals surface area contributed by atoms with Crippen LogP contribution < -0.4 is 10.1 Å². The summed E-state index contributed by atoms with van der Waals surface area (Å²) in [6.45, 7) is 3.12. The Labute approximate surface area is 169 Å². The molecule has 0 saturated carbocycles. The van der Waals surface area contributed by atoms with Gasteiger partial charge in [0.25, 0.3) is 5.91 Å². The van der Waals surface area contributed by atoms with E-state index in [9.17, 15) is 4.79 Å². The fourth-order valence-electron chi connectivity index (χ4n) is 2.99. The van der Waals surface area contributed by atoms with Crippen molar-refractivity contribution in [3.8, 4) is 17.2 Å². The van der Waals surface area contributed by atoms with E-state index in [2.05, 4.69) is 10.3 Å². The van der Waals surface area contributed by atoms with E-state index in [0.717, 1.165) is 28.6 Å². The van der Waals surface area contributed by atoms with Crippen LogP contribution in [-0.2, 0) is 6.54 Å². The first kappa shape index (κ1) is 18.7. The number of fused-ring (bicyclic) bond motifs is 1. The van der Waals surface area contributed by atoms with E-state index in [0.29, 0.717) is 30.4 Å². The summed E-state index contributed by atoms with van der Waals surface area (Å²) in [7, 11) is 0. The number of hydrogen-bond acceptors (Lipinski definition) is 4. The van der Waals surface area contributed by atoms with Gasteiger partial charge in [-0.25, -0.2) is 4.98 Å². The zero-order valence-electron chi connectivity index (χ0n) is 16.2. The minimum atomic E-state index is -0.130. The monoisotopic (exact) mass is 386 g/mol. The molecule has 5 heteroatoms. The van der Waals surface area contributed by atoms with Gasteiger partial charge in [-0.15, -0.1) is 0 Å². The molecule has 5 nitrogen and oxygen atoms in total. The molecule has 0 unspecified atom stereocenters. The number of hydrogen-bond donors (Lipinski definition) is 1. The number of benzene rings is 3. The Bertz CT molecular complexity index is 1080. The summed E-state index contributed by atoms with van der Waals surface area (Å²) in [4.78, 5) is 16.9. The Morgan fingerprint density at radius 1 is 1.03 bits per heavy atom. The molecule has 0 atom stereocenters. The molecule has 1 N–H and O–H groups in total. The van der Waals surface area contributed by atoms with E-state index in [1.54, 1.807) is 12.1 Å². The lowest BCUT2D eigenvalue weighted by atomic mass is 10.1. The zero-order valence-corrected chi connectivity index (χ0v) is 16.2. The molecule has 0 saturated heterocycles. The maximum atomic E-state index is 12.4. The lowest BCUT2D eigenvalue weighted by molar-refractivity contribution is 0.0950. The van der Waals surface area contributed by atoms with E-state index in [1.807, 2.05) is 67.6 Å². The van der Waals surface area contributed by atoms with Gasteiger partial charge in [-0.3, -0.25) is 4.79 Å². The largest absolute Gasteiger partial charge is 0.494 e. The first-order valence-electron chi connectivity index (χ1n) is 9.69. The third-order valence-electron chi connectivity index (χ3n) is 4.52. The molecule has 4 aromatic rings. The topological polar surface area (TPSA) is 64.4 Å². The minimum absolute atomic E-state index is 0.130. The third-order valence-corrected chi connectivity index (χ3v) is 4.52. The number of aromatic nitrogens is 1. The van der Waals surface area contributed by atoms with Crippen LogP contribution in [0.5, 0.6) is 5.75 Å². The predicted molar refractivity (Wildman–Crippen MR) is 113 cm³/mol. The minimum Gasteiger partial charge on any atom is -0.494 e. The summed E-state index contributed by atoms with van der Waals surface area (Å²) >= 11 is 0. The number of oxazole rings is 1. The van der Waals surface area contributed by atoms with Gasteiger partial charge in [0.15, 0.2) is 5.58 Å². The molecular weight excluding hydrogens is 364 g/mol. The molecule has 0 bridgehead atoms. The van der Waals surface area contributed by atoms with Crippen molar-refractivity contribution in [1.29, 1.82) is 0 Å². The zero-order chi connectivity index (χ0) is 20.1. The fraction of sp³-hybridized carbons (Fsp3) is 0.167. The van der Waals surface area contributed by atoms with Gasteiger partial charge in [-0.2, -0.15) is 0 Å². The molecule has 0 aliphatic heterocycles. The molecule has 146 valence electrons. The van der Waals surface area contributed by atoms with E-state index < -0.39 is 0 Å². The molecule has 1 heterocycles. The smallest absolute Gasteiger partial charge is 0.251 e. The summed E-state index contributed by atoms with van der Waals surface area (Å²) in [5, 5.41) is 2.95. The molecule has 0 fully saturated rings. The van der Waals surface area contributed by atoms with Crippen molar-refractivity contribution < 1.29 is 13.9 Å². The van der Waals surface area contributed by atoms with Gasteiger partial charge < -0.3 is 14.5 Å². The average Bonchev–Trinajstić information content (AvgIpc) is 3.21. The van der Waals surface area contributed by atoms with Crippen molar-refractivity contribution in [2.75, 3.05) is 6.61 Å². The molecule has 1 aromatic heterocycles. The molecule has 29 heavy (non-hydrogen) atoms. The molecule has 0 radical (unpaired) electrons. The number of carbonyl (C=O) groups excluding carboxylic acids is 1. The number of nitrogens with zero attached hydrogens (tertiary/aromatic N) is 1. The summed E-state index contributed by atoms with van der Waals surface area (Å²) in [6.07, 6.45) is 0.927. The molecule has 4 rings (SSSR count). The van der Waals surface area contributed by atoms with Gasteiger partial charge in [0.2, 0.25) is 5.89 Å². The summed E-state index contributed by atoms with van der Waals surface area (Å²) < 4.78 is 11.4. The fourth-order valence-corrected chi connectivity index (χ4v) is 2.99. The van der Waals surface area contributed by atoms with Crippen molar-refractivity contribution in [2.24, 2.45) is 0 Å². The first-order chi connectivity index (χ1) is 14.2. The molecule has 3 aromatic carbocycles. The van der Waals surface area contributed by atoms with Crippen molar-refractivity contribution in [3.05, 3.63) is 83.9 Å². The Morgan fingerprint density at radius 2 is 1.86 bits per heavy atom. The maximum Gasteiger partial charge on any atom is 0.251 e. The Kier molecular flexibility index (Phi) is 5.56. The van der Waals surface area contributed by atoms with Crippen LogP contribution in [0.2, 0.25) is 0 Å². The second-order valence-electron chi connectivity index (χ2n) is 6.74. The number of ether oxygens (including phenoxy) is 1. The summed E-state index contributed by atoms with van der Waals surface area (Å²) in [5.74, 6) is 1.17. The van der Waals surface area contributed by atoms with E-state index >= 15 is 0 Å². The second-order valence-corrected chi connectivity index (χ2v) is 6.74. The highest BCUT2D eigenvalue weighted by molar-refractivity contribution is 5.94. The average molecular weight is 386 g/mol. The van der Waals surface area contributed by atoms with Crippen LogP contribution in [0, 0.1) is 0 Å². The predicted octanol–water partition coefficient (Wildman–Crippen LogP) is 5.21. The highest BCUT2D eigenvalue weighted by Crippen LogP contribution is 2.24. The maximum absolute atomic E-state index is 12.4. The van der Waals surface area contributed by atoms with Crippen LogP contribution in [0.25, 0.3) is 22.6 Å². The summed E-state index contributed by atoms with van der Waals surface area (Å²) in [6, 6.07) is 22.7. The number of para-hydroxylation sites is 2. The molecular formula is C24H22N2O3. The van der Waals surface area contributed by atoms with E-state index in [1.165, 1.54) is 0 Å². The first-order valence-corrected chi connectivity index (χ1v) is 9.69. The lowest BCUT2D eigenvalue weighted by Crippen LogP contribution is -2.22. The van der Waals surface area contributed by atoms with Gasteiger partial charge in [-0.05, 0) is 54.4 Å². The molecule has 0 spiro atoms. The van der Waals surface area contributed by atoms with Crippen molar-refractivity contribution in [1.82, 2.24) is 10.3 Å². The number of rotatable bonds is 7. The Morgan fingerprint density at radius 3 is 2.66 bits per heavy atom. The lowest BCUT2D eigenvalue weighted by Gasteiger charge is -2.08. The van der Waals surface area contributed by atoms with Gasteiger partial charge in [0.05, 0.1) is 6.61 Å². The molecule has 1 amide bonds.